The van der Waals surface area contributed by atoms with Gasteiger partial charge in [-0.15, -0.1) is 0 Å². The summed E-state index contributed by atoms with van der Waals surface area (Å²) in [4.78, 5) is 4.05. The number of aryl methyl sites for hydroxylation is 2. The highest BCUT2D eigenvalue weighted by molar-refractivity contribution is 6.31. The number of nitrogens with zero attached hydrogens (tertiary/aromatic N) is 1. The summed E-state index contributed by atoms with van der Waals surface area (Å²) in [5.41, 5.74) is 5.22. The molecular weight excluding hydrogens is 280 g/mol. The third-order valence-corrected chi connectivity index (χ3v) is 4.21. The van der Waals surface area contributed by atoms with E-state index in [-0.39, 0.29) is 0 Å². The first kappa shape index (κ1) is 16.0. The van der Waals surface area contributed by atoms with E-state index in [1.54, 1.807) is 12.4 Å². The summed E-state index contributed by atoms with van der Waals surface area (Å²) in [6.45, 7) is 7.41. The standard InChI is InChI=1S/C18H23ClN2/c1-4-21-17(11-16-7-8-20-12-18(16)19)10-15-6-5-13(2)14(3)9-15/h5-9,12,17,21H,4,10-11H2,1-3H3. The van der Waals surface area contributed by atoms with Crippen molar-refractivity contribution >= 4 is 11.6 Å². The van der Waals surface area contributed by atoms with E-state index in [1.165, 1.54) is 16.7 Å². The van der Waals surface area contributed by atoms with Crippen molar-refractivity contribution in [3.8, 4) is 0 Å². The molecule has 0 saturated carbocycles. The molecule has 0 saturated heterocycles. The molecule has 0 radical (unpaired) electrons. The van der Waals surface area contributed by atoms with Crippen LogP contribution < -0.4 is 5.32 Å². The van der Waals surface area contributed by atoms with Crippen molar-refractivity contribution in [2.45, 2.75) is 39.7 Å². The molecule has 2 nitrogen and oxygen atoms in total. The van der Waals surface area contributed by atoms with Gasteiger partial charge in [0.1, 0.15) is 0 Å². The molecule has 112 valence electrons. The number of aromatic nitrogens is 1. The van der Waals surface area contributed by atoms with Crippen molar-refractivity contribution in [1.82, 2.24) is 10.3 Å². The molecule has 1 aromatic carbocycles. The highest BCUT2D eigenvalue weighted by atomic mass is 35.5. The molecule has 3 heteroatoms. The summed E-state index contributed by atoms with van der Waals surface area (Å²) in [5, 5.41) is 4.31. The minimum absolute atomic E-state index is 0.386. The SMILES string of the molecule is CCNC(Cc1ccc(C)c(C)c1)Cc1ccncc1Cl. The van der Waals surface area contributed by atoms with Gasteiger partial charge >= 0.3 is 0 Å². The van der Waals surface area contributed by atoms with E-state index in [4.69, 9.17) is 11.6 Å². The summed E-state index contributed by atoms with van der Waals surface area (Å²) in [6.07, 6.45) is 5.45. The minimum atomic E-state index is 0.386. The summed E-state index contributed by atoms with van der Waals surface area (Å²) in [6, 6.07) is 9.10. The lowest BCUT2D eigenvalue weighted by Gasteiger charge is -2.19. The highest BCUT2D eigenvalue weighted by Crippen LogP contribution is 2.18. The lowest BCUT2D eigenvalue weighted by atomic mass is 9.97. The van der Waals surface area contributed by atoms with Crippen LogP contribution in [0.15, 0.2) is 36.7 Å². The van der Waals surface area contributed by atoms with Gasteiger partial charge in [-0.1, -0.05) is 36.7 Å². The Morgan fingerprint density at radius 2 is 1.95 bits per heavy atom. The number of pyridine rings is 1. The molecule has 1 heterocycles. The summed E-state index contributed by atoms with van der Waals surface area (Å²) in [7, 11) is 0. The van der Waals surface area contributed by atoms with Gasteiger partial charge in [0.25, 0.3) is 0 Å². The molecule has 0 aliphatic carbocycles. The zero-order valence-electron chi connectivity index (χ0n) is 13.0. The molecule has 0 bridgehead atoms. The molecule has 0 aliphatic rings. The summed E-state index contributed by atoms with van der Waals surface area (Å²) >= 11 is 6.23. The number of nitrogens with one attached hydrogen (secondary N) is 1. The molecule has 0 fully saturated rings. The molecule has 1 atom stereocenters. The van der Waals surface area contributed by atoms with Crippen molar-refractivity contribution in [3.05, 3.63) is 63.9 Å². The number of rotatable bonds is 6. The quantitative estimate of drug-likeness (QED) is 0.868. The number of likely N-dealkylation sites (N-methyl/N-ethyl adjacent to an activating group) is 1. The van der Waals surface area contributed by atoms with Crippen molar-refractivity contribution in [2.75, 3.05) is 6.54 Å². The second-order valence-electron chi connectivity index (χ2n) is 5.55. The van der Waals surface area contributed by atoms with E-state index in [9.17, 15) is 0 Å². The van der Waals surface area contributed by atoms with E-state index >= 15 is 0 Å². The fourth-order valence-electron chi connectivity index (χ4n) is 2.56. The monoisotopic (exact) mass is 302 g/mol. The number of hydrogen-bond acceptors (Lipinski definition) is 2. The molecule has 0 spiro atoms. The predicted molar refractivity (Wildman–Crippen MR) is 90.0 cm³/mol. The van der Waals surface area contributed by atoms with Crippen LogP contribution in [0.25, 0.3) is 0 Å². The summed E-state index contributed by atoms with van der Waals surface area (Å²) < 4.78 is 0. The Morgan fingerprint density at radius 1 is 1.14 bits per heavy atom. The van der Waals surface area contributed by atoms with Gasteiger partial charge in [-0.2, -0.15) is 0 Å². The molecule has 1 N–H and O–H groups in total. The maximum absolute atomic E-state index is 6.23. The topological polar surface area (TPSA) is 24.9 Å². The first-order valence-electron chi connectivity index (χ1n) is 7.48. The molecule has 21 heavy (non-hydrogen) atoms. The lowest BCUT2D eigenvalue weighted by Crippen LogP contribution is -2.33. The van der Waals surface area contributed by atoms with Gasteiger partial charge in [-0.05, 0) is 61.6 Å². The molecule has 0 amide bonds. The van der Waals surface area contributed by atoms with Crippen molar-refractivity contribution in [2.24, 2.45) is 0 Å². The van der Waals surface area contributed by atoms with Gasteiger partial charge in [0.2, 0.25) is 0 Å². The van der Waals surface area contributed by atoms with Crippen LogP contribution in [0.5, 0.6) is 0 Å². The Balaban J connectivity index is 2.11. The van der Waals surface area contributed by atoms with E-state index in [0.717, 1.165) is 30.0 Å². The van der Waals surface area contributed by atoms with Gasteiger partial charge in [0.05, 0.1) is 5.02 Å². The Hall–Kier alpha value is -1.38. The summed E-state index contributed by atoms with van der Waals surface area (Å²) in [5.74, 6) is 0. The highest BCUT2D eigenvalue weighted by Gasteiger charge is 2.12. The first-order valence-corrected chi connectivity index (χ1v) is 7.86. The molecule has 1 aromatic heterocycles. The lowest BCUT2D eigenvalue weighted by molar-refractivity contribution is 0.521. The average Bonchev–Trinajstić information content (AvgIpc) is 2.46. The molecule has 1 unspecified atom stereocenters. The van der Waals surface area contributed by atoms with Gasteiger partial charge in [0, 0.05) is 18.4 Å². The second-order valence-corrected chi connectivity index (χ2v) is 5.96. The van der Waals surface area contributed by atoms with Gasteiger partial charge in [0.15, 0.2) is 0 Å². The van der Waals surface area contributed by atoms with Crippen molar-refractivity contribution in [3.63, 3.8) is 0 Å². The zero-order chi connectivity index (χ0) is 15.2. The van der Waals surface area contributed by atoms with E-state index in [1.807, 2.05) is 6.07 Å². The number of hydrogen-bond donors (Lipinski definition) is 1. The van der Waals surface area contributed by atoms with Crippen LogP contribution >= 0.6 is 11.6 Å². The van der Waals surface area contributed by atoms with Crippen LogP contribution in [0.4, 0.5) is 0 Å². The van der Waals surface area contributed by atoms with Crippen LogP contribution in [-0.4, -0.2) is 17.6 Å². The largest absolute Gasteiger partial charge is 0.314 e. The molecule has 2 aromatic rings. The molecule has 0 aliphatic heterocycles. The Morgan fingerprint density at radius 3 is 2.62 bits per heavy atom. The fourth-order valence-corrected chi connectivity index (χ4v) is 2.75. The van der Waals surface area contributed by atoms with Crippen molar-refractivity contribution in [1.29, 1.82) is 0 Å². The van der Waals surface area contributed by atoms with Crippen LogP contribution in [0.2, 0.25) is 5.02 Å². The minimum Gasteiger partial charge on any atom is -0.314 e. The molecule has 2 rings (SSSR count). The molecular formula is C18H23ClN2. The van der Waals surface area contributed by atoms with Gasteiger partial charge in [-0.25, -0.2) is 0 Å². The number of benzene rings is 1. The fraction of sp³-hybridized carbons (Fsp3) is 0.389. The van der Waals surface area contributed by atoms with Crippen LogP contribution in [-0.2, 0) is 12.8 Å². The van der Waals surface area contributed by atoms with Crippen molar-refractivity contribution < 1.29 is 0 Å². The third kappa shape index (κ3) is 4.55. The Labute approximate surface area is 132 Å². The Bertz CT molecular complexity index is 596. The maximum Gasteiger partial charge on any atom is 0.0621 e. The maximum atomic E-state index is 6.23. The second kappa shape index (κ2) is 7.58. The first-order chi connectivity index (χ1) is 10.1. The smallest absolute Gasteiger partial charge is 0.0621 e. The van der Waals surface area contributed by atoms with Crippen LogP contribution in [0, 0.1) is 13.8 Å². The predicted octanol–water partition coefficient (Wildman–Crippen LogP) is 4.12. The number of halogens is 1. The average molecular weight is 303 g/mol. The van der Waals surface area contributed by atoms with Gasteiger partial charge < -0.3 is 5.32 Å². The normalized spacial score (nSPS) is 12.4. The van der Waals surface area contributed by atoms with Crippen LogP contribution in [0.3, 0.4) is 0 Å². The van der Waals surface area contributed by atoms with E-state index in [2.05, 4.69) is 49.3 Å². The third-order valence-electron chi connectivity index (χ3n) is 3.87. The Kier molecular flexibility index (Phi) is 5.77. The zero-order valence-corrected chi connectivity index (χ0v) is 13.7. The van der Waals surface area contributed by atoms with Crippen LogP contribution in [0.1, 0.15) is 29.2 Å². The van der Waals surface area contributed by atoms with E-state index < -0.39 is 0 Å². The van der Waals surface area contributed by atoms with E-state index in [0.29, 0.717) is 6.04 Å². The van der Waals surface area contributed by atoms with Gasteiger partial charge in [-0.3, -0.25) is 4.98 Å².